The first kappa shape index (κ1) is 38.0. The van der Waals surface area contributed by atoms with E-state index in [0.717, 1.165) is 70.6 Å². The van der Waals surface area contributed by atoms with E-state index in [-0.39, 0.29) is 12.5 Å². The fraction of sp³-hybridized carbons (Fsp3) is 0.900. The van der Waals surface area contributed by atoms with Crippen LogP contribution in [-0.4, -0.2) is 128 Å². The van der Waals surface area contributed by atoms with Crippen LogP contribution in [0.5, 0.6) is 0 Å². The number of carboxylic acids is 1. The van der Waals surface area contributed by atoms with E-state index in [1.807, 2.05) is 6.92 Å². The number of hydrogen-bond acceptors (Lipinski definition) is 12. The molecule has 13 nitrogen and oxygen atoms in total. The second-order valence-electron chi connectivity index (χ2n) is 11.6. The van der Waals surface area contributed by atoms with Gasteiger partial charge in [-0.2, -0.15) is 0 Å². The topological polar surface area (TPSA) is 216 Å². The van der Waals surface area contributed by atoms with Crippen molar-refractivity contribution < 1.29 is 64.6 Å². The Hall–Kier alpha value is -1.23. The van der Waals surface area contributed by atoms with Crippen molar-refractivity contribution in [1.29, 1.82) is 0 Å². The van der Waals surface area contributed by atoms with Gasteiger partial charge in [-0.25, -0.2) is 0 Å². The Bertz CT molecular complexity index is 781. The molecule has 0 aromatic heterocycles. The minimum Gasteiger partial charge on any atom is -0.481 e. The molecule has 11 atom stereocenters. The molecule has 2 aliphatic rings. The van der Waals surface area contributed by atoms with Crippen LogP contribution in [0, 0.1) is 0 Å². The Labute approximate surface area is 254 Å². The van der Waals surface area contributed by atoms with Gasteiger partial charge in [0.25, 0.3) is 0 Å². The lowest BCUT2D eigenvalue weighted by Crippen LogP contribution is -2.64. The zero-order valence-electron chi connectivity index (χ0n) is 25.2. The minimum absolute atomic E-state index is 0.255. The zero-order chi connectivity index (χ0) is 31.8. The molecule has 0 aliphatic carbocycles. The molecule has 0 spiro atoms. The smallest absolute Gasteiger partial charge is 0.303 e. The molecule has 2 aliphatic heterocycles. The number of aliphatic carboxylic acids is 1. The average molecular weight is 623 g/mol. The van der Waals surface area contributed by atoms with Gasteiger partial charge in [-0.15, -0.1) is 0 Å². The van der Waals surface area contributed by atoms with Gasteiger partial charge in [0.05, 0.1) is 19.3 Å². The molecule has 0 aromatic carbocycles. The van der Waals surface area contributed by atoms with Crippen molar-refractivity contribution >= 4 is 5.97 Å². The average Bonchev–Trinajstić information content (AvgIpc) is 2.98. The van der Waals surface area contributed by atoms with Crippen molar-refractivity contribution in [3.8, 4) is 0 Å². The molecule has 2 fully saturated rings. The predicted octanol–water partition coefficient (Wildman–Crippen LogP) is 0.728. The van der Waals surface area contributed by atoms with Gasteiger partial charge in [-0.1, -0.05) is 50.7 Å². The highest BCUT2D eigenvalue weighted by Gasteiger charge is 2.51. The molecule has 5 unspecified atom stereocenters. The van der Waals surface area contributed by atoms with Gasteiger partial charge in [-0.3, -0.25) is 4.79 Å². The third-order valence-electron chi connectivity index (χ3n) is 7.99. The van der Waals surface area contributed by atoms with Gasteiger partial charge in [0.2, 0.25) is 0 Å². The molecule has 0 amide bonds. The Morgan fingerprint density at radius 1 is 0.698 bits per heavy atom. The van der Waals surface area contributed by atoms with Crippen LogP contribution in [0.4, 0.5) is 0 Å². The zero-order valence-corrected chi connectivity index (χ0v) is 25.2. The Morgan fingerprint density at radius 3 is 1.79 bits per heavy atom. The first-order valence-corrected chi connectivity index (χ1v) is 15.7. The number of ether oxygens (including phenoxy) is 4. The summed E-state index contributed by atoms with van der Waals surface area (Å²) in [6.45, 7) is 0.590. The van der Waals surface area contributed by atoms with Crippen LogP contribution in [0.1, 0.15) is 90.4 Å². The lowest BCUT2D eigenvalue weighted by atomic mass is 9.97. The van der Waals surface area contributed by atoms with Crippen LogP contribution < -0.4 is 0 Å². The second-order valence-corrected chi connectivity index (χ2v) is 11.6. The van der Waals surface area contributed by atoms with Gasteiger partial charge < -0.3 is 59.8 Å². The molecule has 2 saturated heterocycles. The number of hydrogen-bond donors (Lipinski definition) is 8. The highest BCUT2D eigenvalue weighted by molar-refractivity contribution is 5.66. The van der Waals surface area contributed by atoms with E-state index in [9.17, 15) is 40.5 Å². The molecule has 8 N–H and O–H groups in total. The second kappa shape index (κ2) is 20.7. The minimum atomic E-state index is -1.72. The molecule has 43 heavy (non-hydrogen) atoms. The molecule has 2 heterocycles. The van der Waals surface area contributed by atoms with Crippen molar-refractivity contribution in [2.75, 3.05) is 13.2 Å². The monoisotopic (exact) mass is 622 g/mol. The van der Waals surface area contributed by atoms with Gasteiger partial charge in [0.1, 0.15) is 48.8 Å². The fourth-order valence-corrected chi connectivity index (χ4v) is 5.29. The van der Waals surface area contributed by atoms with Crippen LogP contribution in [0.3, 0.4) is 0 Å². The standard InChI is InChI=1S/C30H54O13/c1-19(15-13-11-9-7-5-3-2-4-6-8-10-12-14-16-22(33)34)40-30-28(26(38)24(36)21(18-32)42-30)43-29-27(39)25(37)23(35)20(17-31)41-29/h2-3,19-21,23-32,35-39H,4-18H2,1H3,(H,33,34)/b3-2-/t19?,20?,21?,23-,24-,25+,26+,27?,28?,29+,30-/m1/s1. The molecular weight excluding hydrogens is 568 g/mol. The van der Waals surface area contributed by atoms with E-state index < -0.39 is 80.6 Å². The lowest BCUT2D eigenvalue weighted by molar-refractivity contribution is -0.371. The van der Waals surface area contributed by atoms with Crippen molar-refractivity contribution in [2.24, 2.45) is 0 Å². The maximum absolute atomic E-state index is 10.7. The quantitative estimate of drug-likeness (QED) is 0.0655. The largest absolute Gasteiger partial charge is 0.481 e. The summed E-state index contributed by atoms with van der Waals surface area (Å²) in [5.74, 6) is -0.727. The molecule has 0 radical (unpaired) electrons. The summed E-state index contributed by atoms with van der Waals surface area (Å²) in [7, 11) is 0. The maximum atomic E-state index is 10.7. The predicted molar refractivity (Wildman–Crippen MR) is 154 cm³/mol. The third-order valence-corrected chi connectivity index (χ3v) is 7.99. The SMILES string of the molecule is CC(CCCCCC/C=C\CCCCCCCC(=O)O)O[C@@H]1OC(CO)[C@@H](O)[C@H](O)C1O[C@@H]1OC(CO)[C@@H](O)[C@H](O)C1O. The van der Waals surface area contributed by atoms with E-state index in [0.29, 0.717) is 6.42 Å². The van der Waals surface area contributed by atoms with E-state index in [1.54, 1.807) is 0 Å². The lowest BCUT2D eigenvalue weighted by Gasteiger charge is -2.46. The van der Waals surface area contributed by atoms with Crippen LogP contribution in [-0.2, 0) is 23.7 Å². The molecule has 0 bridgehead atoms. The number of unbranched alkanes of at least 4 members (excludes halogenated alkanes) is 9. The van der Waals surface area contributed by atoms with Crippen LogP contribution >= 0.6 is 0 Å². The molecule has 252 valence electrons. The van der Waals surface area contributed by atoms with Gasteiger partial charge in [0.15, 0.2) is 12.6 Å². The van der Waals surface area contributed by atoms with Gasteiger partial charge >= 0.3 is 5.97 Å². The number of carbonyl (C=O) groups is 1. The number of rotatable bonds is 21. The van der Waals surface area contributed by atoms with Crippen molar-refractivity contribution in [2.45, 2.75) is 158 Å². The third kappa shape index (κ3) is 13.0. The molecule has 0 aromatic rings. The van der Waals surface area contributed by atoms with E-state index in [4.69, 9.17) is 24.1 Å². The number of aliphatic hydroxyl groups excluding tert-OH is 7. The molecule has 0 saturated carbocycles. The van der Waals surface area contributed by atoms with Crippen LogP contribution in [0.25, 0.3) is 0 Å². The molecule has 2 rings (SSSR count). The normalized spacial score (nSPS) is 34.0. The molecule has 13 heteroatoms. The summed E-state index contributed by atoms with van der Waals surface area (Å²) in [6, 6.07) is 0. The van der Waals surface area contributed by atoms with Crippen molar-refractivity contribution in [1.82, 2.24) is 0 Å². The number of allylic oxidation sites excluding steroid dienone is 2. The van der Waals surface area contributed by atoms with Gasteiger partial charge in [0, 0.05) is 6.42 Å². The summed E-state index contributed by atoms with van der Waals surface area (Å²) >= 11 is 0. The number of carboxylic acid groups (broad SMARTS) is 1. The van der Waals surface area contributed by atoms with Crippen LogP contribution in [0.2, 0.25) is 0 Å². The summed E-state index contributed by atoms with van der Waals surface area (Å²) in [4.78, 5) is 10.5. The Balaban J connectivity index is 1.71. The van der Waals surface area contributed by atoms with E-state index >= 15 is 0 Å². The van der Waals surface area contributed by atoms with E-state index in [1.165, 1.54) is 0 Å². The van der Waals surface area contributed by atoms with Crippen molar-refractivity contribution in [3.63, 3.8) is 0 Å². The summed E-state index contributed by atoms with van der Waals surface area (Å²) in [5.41, 5.74) is 0. The Morgan fingerprint density at radius 2 is 1.21 bits per heavy atom. The van der Waals surface area contributed by atoms with Crippen molar-refractivity contribution in [3.05, 3.63) is 12.2 Å². The maximum Gasteiger partial charge on any atom is 0.303 e. The van der Waals surface area contributed by atoms with E-state index in [2.05, 4.69) is 12.2 Å². The van der Waals surface area contributed by atoms with Crippen LogP contribution in [0.15, 0.2) is 12.2 Å². The summed E-state index contributed by atoms with van der Waals surface area (Å²) in [6.07, 6.45) is 1.48. The Kier molecular flexibility index (Phi) is 18.3. The highest BCUT2D eigenvalue weighted by Crippen LogP contribution is 2.30. The molecular formula is C30H54O13. The highest BCUT2D eigenvalue weighted by atomic mass is 16.8. The van der Waals surface area contributed by atoms with Gasteiger partial charge in [-0.05, 0) is 45.4 Å². The number of aliphatic hydroxyl groups is 7. The fourth-order valence-electron chi connectivity index (χ4n) is 5.29. The summed E-state index contributed by atoms with van der Waals surface area (Å²) < 4.78 is 22.7. The summed E-state index contributed by atoms with van der Waals surface area (Å²) in [5, 5.41) is 79.2. The first-order chi connectivity index (χ1) is 20.6. The first-order valence-electron chi connectivity index (χ1n) is 15.7.